The maximum atomic E-state index is 14.9. The van der Waals surface area contributed by atoms with Gasteiger partial charge in [0.25, 0.3) is 0 Å². The van der Waals surface area contributed by atoms with E-state index in [-0.39, 0.29) is 23.7 Å². The molecule has 9 nitrogen and oxygen atoms in total. The van der Waals surface area contributed by atoms with Crippen LogP contribution in [0.5, 0.6) is 5.75 Å². The number of aromatic nitrogens is 3. The molecule has 2 aromatic carbocycles. The predicted octanol–water partition coefficient (Wildman–Crippen LogP) is 5.66. The molecule has 1 unspecified atom stereocenters. The number of halogens is 2. The zero-order valence-corrected chi connectivity index (χ0v) is 24.6. The Morgan fingerprint density at radius 1 is 1.09 bits per heavy atom. The molecule has 11 heteroatoms. The van der Waals surface area contributed by atoms with Crippen LogP contribution in [0.25, 0.3) is 11.2 Å². The van der Waals surface area contributed by atoms with Crippen LogP contribution < -0.4 is 9.64 Å². The highest BCUT2D eigenvalue weighted by atomic mass is 35.5. The monoisotopic (exact) mass is 605 g/mol. The van der Waals surface area contributed by atoms with Crippen LogP contribution in [0.2, 0.25) is 5.02 Å². The first-order chi connectivity index (χ1) is 20.9. The highest BCUT2D eigenvalue weighted by Gasteiger charge is 2.33. The van der Waals surface area contributed by atoms with Crippen LogP contribution in [-0.2, 0) is 17.8 Å². The number of hydrogen-bond donors (Lipinski definition) is 1. The summed E-state index contributed by atoms with van der Waals surface area (Å²) in [6, 6.07) is 14.0. The second-order valence-electron chi connectivity index (χ2n) is 11.6. The number of carboxylic acid groups (broad SMARTS) is 1. The smallest absolute Gasteiger partial charge is 0.354 e. The van der Waals surface area contributed by atoms with Crippen LogP contribution >= 0.6 is 11.6 Å². The quantitative estimate of drug-likeness (QED) is 0.288. The summed E-state index contributed by atoms with van der Waals surface area (Å²) in [5.74, 6) is 0.645. The van der Waals surface area contributed by atoms with Gasteiger partial charge in [0.1, 0.15) is 29.5 Å². The van der Waals surface area contributed by atoms with Gasteiger partial charge in [0.2, 0.25) is 0 Å². The molecular weight excluding hydrogens is 573 g/mol. The molecule has 4 aromatic rings. The number of rotatable bonds is 7. The van der Waals surface area contributed by atoms with Crippen molar-refractivity contribution in [1.29, 1.82) is 0 Å². The Morgan fingerprint density at radius 2 is 1.91 bits per heavy atom. The molecule has 0 saturated carbocycles. The Kier molecular flexibility index (Phi) is 7.44. The summed E-state index contributed by atoms with van der Waals surface area (Å²) in [7, 11) is 2.01. The number of nitrogens with zero attached hydrogens (tertiary/aromatic N) is 5. The van der Waals surface area contributed by atoms with Crippen molar-refractivity contribution < 1.29 is 23.8 Å². The van der Waals surface area contributed by atoms with Crippen LogP contribution in [0.1, 0.15) is 58.7 Å². The van der Waals surface area contributed by atoms with Crippen LogP contribution in [-0.4, -0.2) is 70.0 Å². The van der Waals surface area contributed by atoms with E-state index < -0.39 is 5.97 Å². The molecule has 7 rings (SSSR count). The minimum atomic E-state index is -1.05. The van der Waals surface area contributed by atoms with E-state index in [1.165, 1.54) is 17.7 Å². The molecule has 0 bridgehead atoms. The number of likely N-dealkylation sites (tertiary alicyclic amines) is 1. The van der Waals surface area contributed by atoms with E-state index in [0.717, 1.165) is 56.2 Å². The van der Waals surface area contributed by atoms with Gasteiger partial charge in [-0.1, -0.05) is 29.8 Å². The van der Waals surface area contributed by atoms with Gasteiger partial charge in [-0.2, -0.15) is 0 Å². The highest BCUT2D eigenvalue weighted by molar-refractivity contribution is 6.30. The number of imidazole rings is 1. The predicted molar refractivity (Wildman–Crippen MR) is 161 cm³/mol. The molecule has 1 N–H and O–H groups in total. The van der Waals surface area contributed by atoms with E-state index in [9.17, 15) is 14.3 Å². The SMILES string of the molecule is CN1c2c(cccc2C2CCN(Cc3nc4ccc(C(=O)O)nc4n3C[C@@H]3CCO3)CC2)OCC1c1ccc(Cl)cc1F. The van der Waals surface area contributed by atoms with E-state index in [0.29, 0.717) is 47.4 Å². The van der Waals surface area contributed by atoms with E-state index in [1.54, 1.807) is 18.2 Å². The number of benzene rings is 2. The molecule has 2 aromatic heterocycles. The summed E-state index contributed by atoms with van der Waals surface area (Å²) < 4.78 is 28.8. The van der Waals surface area contributed by atoms with Crippen molar-refractivity contribution in [2.24, 2.45) is 0 Å². The fraction of sp³-hybridized carbons (Fsp3) is 0.406. The van der Waals surface area contributed by atoms with Gasteiger partial charge >= 0.3 is 5.97 Å². The largest absolute Gasteiger partial charge is 0.489 e. The lowest BCUT2D eigenvalue weighted by atomic mass is 9.87. The van der Waals surface area contributed by atoms with Gasteiger partial charge in [-0.05, 0) is 74.2 Å². The van der Waals surface area contributed by atoms with E-state index in [4.69, 9.17) is 26.1 Å². The number of anilines is 1. The fourth-order valence-electron chi connectivity index (χ4n) is 6.58. The highest BCUT2D eigenvalue weighted by Crippen LogP contribution is 2.46. The van der Waals surface area contributed by atoms with Crippen molar-refractivity contribution in [2.75, 3.05) is 38.3 Å². The molecule has 5 heterocycles. The summed E-state index contributed by atoms with van der Waals surface area (Å²) in [6.45, 7) is 4.12. The number of pyridine rings is 1. The molecule has 0 radical (unpaired) electrons. The first-order valence-electron chi connectivity index (χ1n) is 14.7. The number of carboxylic acids is 1. The molecule has 3 aliphatic rings. The third kappa shape index (κ3) is 5.32. The Balaban J connectivity index is 1.09. The number of likely N-dealkylation sites (N-methyl/N-ethyl adjacent to an activating group) is 1. The average molecular weight is 606 g/mol. The van der Waals surface area contributed by atoms with Crippen LogP contribution in [0, 0.1) is 5.82 Å². The normalized spacial score (nSPS) is 21.0. The van der Waals surface area contributed by atoms with Crippen molar-refractivity contribution >= 4 is 34.4 Å². The van der Waals surface area contributed by atoms with Crippen molar-refractivity contribution in [3.8, 4) is 5.75 Å². The third-order valence-corrected chi connectivity index (χ3v) is 9.27. The lowest BCUT2D eigenvalue weighted by molar-refractivity contribution is -0.0593. The number of piperidine rings is 1. The number of aromatic carboxylic acids is 1. The topological polar surface area (TPSA) is 93.0 Å². The number of para-hydroxylation sites is 1. The van der Waals surface area contributed by atoms with Crippen molar-refractivity contribution in [3.63, 3.8) is 0 Å². The maximum Gasteiger partial charge on any atom is 0.354 e. The lowest BCUT2D eigenvalue weighted by Crippen LogP contribution is -2.37. The summed E-state index contributed by atoms with van der Waals surface area (Å²) in [4.78, 5) is 25.4. The molecule has 0 amide bonds. The third-order valence-electron chi connectivity index (χ3n) is 9.03. The second kappa shape index (κ2) is 11.4. The summed E-state index contributed by atoms with van der Waals surface area (Å²) in [5, 5.41) is 9.87. The van der Waals surface area contributed by atoms with Crippen molar-refractivity contribution in [2.45, 2.75) is 50.4 Å². The molecule has 0 aliphatic carbocycles. The average Bonchev–Trinajstić information content (AvgIpc) is 3.31. The summed E-state index contributed by atoms with van der Waals surface area (Å²) >= 11 is 6.02. The fourth-order valence-corrected chi connectivity index (χ4v) is 6.74. The molecule has 0 spiro atoms. The molecule has 2 saturated heterocycles. The van der Waals surface area contributed by atoms with E-state index in [1.807, 2.05) is 23.7 Å². The minimum Gasteiger partial charge on any atom is -0.489 e. The molecule has 2 fully saturated rings. The van der Waals surface area contributed by atoms with Gasteiger partial charge in [-0.15, -0.1) is 0 Å². The number of hydrogen-bond acceptors (Lipinski definition) is 7. The summed E-state index contributed by atoms with van der Waals surface area (Å²) in [6.07, 6.45) is 2.97. The van der Waals surface area contributed by atoms with Gasteiger partial charge in [0.15, 0.2) is 11.3 Å². The van der Waals surface area contributed by atoms with Crippen molar-refractivity contribution in [3.05, 3.63) is 82.0 Å². The Hall–Kier alpha value is -3.73. The van der Waals surface area contributed by atoms with Gasteiger partial charge in [0, 0.05) is 24.2 Å². The van der Waals surface area contributed by atoms with Gasteiger partial charge in [-0.3, -0.25) is 4.90 Å². The van der Waals surface area contributed by atoms with Gasteiger partial charge in [-0.25, -0.2) is 19.2 Å². The molecule has 224 valence electrons. The minimum absolute atomic E-state index is 0.0109. The molecular formula is C32H33ClFN5O4. The number of carbonyl (C=O) groups is 1. The van der Waals surface area contributed by atoms with Crippen molar-refractivity contribution in [1.82, 2.24) is 19.4 Å². The standard InChI is InChI=1S/C32H33ClFN5O4/c1-37-27(23-6-5-20(33)15-24(23)34)18-43-28-4-2-3-22(30(28)37)19-9-12-38(13-10-19)17-29-35-25-7-8-26(32(40)41)36-31(25)39(29)16-21-11-14-42-21/h2-8,15,19,21,27H,9-14,16-18H2,1H3,(H,40,41)/t21-,27?/m0/s1. The zero-order valence-electron chi connectivity index (χ0n) is 23.9. The molecule has 2 atom stereocenters. The first kappa shape index (κ1) is 28.1. The van der Waals surface area contributed by atoms with Gasteiger partial charge in [0.05, 0.1) is 30.9 Å². The number of fused-ring (bicyclic) bond motifs is 2. The second-order valence-corrected chi connectivity index (χ2v) is 12.0. The summed E-state index contributed by atoms with van der Waals surface area (Å²) in [5.41, 5.74) is 4.11. The molecule has 3 aliphatic heterocycles. The van der Waals surface area contributed by atoms with Gasteiger partial charge < -0.3 is 24.0 Å². The van der Waals surface area contributed by atoms with Crippen LogP contribution in [0.15, 0.2) is 48.5 Å². The number of ether oxygens (including phenoxy) is 2. The zero-order chi connectivity index (χ0) is 29.7. The van der Waals surface area contributed by atoms with E-state index >= 15 is 0 Å². The van der Waals surface area contributed by atoms with E-state index in [2.05, 4.69) is 20.9 Å². The Labute approximate surface area is 253 Å². The lowest BCUT2D eigenvalue weighted by Gasteiger charge is -2.40. The maximum absolute atomic E-state index is 14.9. The first-order valence-corrected chi connectivity index (χ1v) is 15.1. The Bertz CT molecular complexity index is 1680. The van der Waals surface area contributed by atoms with Crippen LogP contribution in [0.3, 0.4) is 0 Å². The van der Waals surface area contributed by atoms with Crippen LogP contribution in [0.4, 0.5) is 10.1 Å². The molecule has 43 heavy (non-hydrogen) atoms. The Morgan fingerprint density at radius 3 is 2.63 bits per heavy atom.